The standard InChI is InChI=1S/C18H19FN4O2/c1-12-8-16(21-24-12)11-23-7-3-5-14(10-23)18-20-17(22-25-18)13-4-2-6-15(19)9-13/h2,4,6,8-9,14H,3,5,7,10-11H2,1H3. The van der Waals surface area contributed by atoms with Crippen LogP contribution in [0.3, 0.4) is 0 Å². The Balaban J connectivity index is 1.46. The number of hydrogen-bond donors (Lipinski definition) is 0. The van der Waals surface area contributed by atoms with Crippen molar-refractivity contribution in [2.24, 2.45) is 0 Å². The molecule has 1 aliphatic rings. The third kappa shape index (κ3) is 3.61. The third-order valence-corrected chi connectivity index (χ3v) is 4.44. The van der Waals surface area contributed by atoms with E-state index in [-0.39, 0.29) is 11.7 Å². The Morgan fingerprint density at radius 1 is 1.24 bits per heavy atom. The zero-order valence-corrected chi connectivity index (χ0v) is 14.0. The average Bonchev–Trinajstić information content (AvgIpc) is 3.25. The lowest BCUT2D eigenvalue weighted by Gasteiger charge is -2.30. The van der Waals surface area contributed by atoms with Crippen molar-refractivity contribution in [3.63, 3.8) is 0 Å². The number of hydrogen-bond acceptors (Lipinski definition) is 6. The molecule has 1 aromatic carbocycles. The molecule has 1 fully saturated rings. The van der Waals surface area contributed by atoms with Gasteiger partial charge >= 0.3 is 0 Å². The van der Waals surface area contributed by atoms with E-state index < -0.39 is 0 Å². The molecule has 0 saturated carbocycles. The summed E-state index contributed by atoms with van der Waals surface area (Å²) in [5, 5.41) is 8.07. The molecule has 1 unspecified atom stereocenters. The van der Waals surface area contributed by atoms with Gasteiger partial charge in [-0.05, 0) is 38.4 Å². The van der Waals surface area contributed by atoms with Crippen molar-refractivity contribution in [2.75, 3.05) is 13.1 Å². The highest BCUT2D eigenvalue weighted by atomic mass is 19.1. The first-order chi connectivity index (χ1) is 12.2. The average molecular weight is 342 g/mol. The summed E-state index contributed by atoms with van der Waals surface area (Å²) in [6.07, 6.45) is 2.05. The largest absolute Gasteiger partial charge is 0.361 e. The summed E-state index contributed by atoms with van der Waals surface area (Å²) >= 11 is 0. The van der Waals surface area contributed by atoms with E-state index in [2.05, 4.69) is 20.2 Å². The Morgan fingerprint density at radius 2 is 2.16 bits per heavy atom. The van der Waals surface area contributed by atoms with Crippen LogP contribution in [0.5, 0.6) is 0 Å². The van der Waals surface area contributed by atoms with Gasteiger partial charge in [-0.15, -0.1) is 0 Å². The molecule has 25 heavy (non-hydrogen) atoms. The molecule has 130 valence electrons. The van der Waals surface area contributed by atoms with Gasteiger partial charge in [0.05, 0.1) is 11.6 Å². The van der Waals surface area contributed by atoms with Crippen LogP contribution >= 0.6 is 0 Å². The van der Waals surface area contributed by atoms with Gasteiger partial charge < -0.3 is 9.05 Å². The first-order valence-electron chi connectivity index (χ1n) is 8.41. The van der Waals surface area contributed by atoms with Gasteiger partial charge in [0.15, 0.2) is 0 Å². The lowest BCUT2D eigenvalue weighted by atomic mass is 9.98. The Morgan fingerprint density at radius 3 is 2.96 bits per heavy atom. The number of nitrogens with zero attached hydrogens (tertiary/aromatic N) is 4. The Kier molecular flexibility index (Phi) is 4.31. The molecule has 7 heteroatoms. The highest BCUT2D eigenvalue weighted by Crippen LogP contribution is 2.28. The molecule has 1 atom stereocenters. The maximum atomic E-state index is 13.4. The van der Waals surface area contributed by atoms with Gasteiger partial charge in [-0.3, -0.25) is 4.90 Å². The lowest BCUT2D eigenvalue weighted by molar-refractivity contribution is 0.176. The van der Waals surface area contributed by atoms with Crippen molar-refractivity contribution >= 4 is 0 Å². The maximum absolute atomic E-state index is 13.4. The fraction of sp³-hybridized carbons (Fsp3) is 0.389. The third-order valence-electron chi connectivity index (χ3n) is 4.44. The predicted molar refractivity (Wildman–Crippen MR) is 88.2 cm³/mol. The molecule has 3 aromatic rings. The maximum Gasteiger partial charge on any atom is 0.231 e. The van der Waals surface area contributed by atoms with Crippen LogP contribution in [0.2, 0.25) is 0 Å². The van der Waals surface area contributed by atoms with Gasteiger partial charge in [-0.1, -0.05) is 22.4 Å². The summed E-state index contributed by atoms with van der Waals surface area (Å²) < 4.78 is 24.0. The molecule has 3 heterocycles. The predicted octanol–water partition coefficient (Wildman–Crippen LogP) is 3.55. The van der Waals surface area contributed by atoms with E-state index in [4.69, 9.17) is 9.05 Å². The molecule has 0 aliphatic carbocycles. The van der Waals surface area contributed by atoms with Crippen molar-refractivity contribution in [1.82, 2.24) is 20.2 Å². The highest BCUT2D eigenvalue weighted by molar-refractivity contribution is 5.53. The minimum atomic E-state index is -0.310. The number of benzene rings is 1. The van der Waals surface area contributed by atoms with E-state index in [9.17, 15) is 4.39 Å². The van der Waals surface area contributed by atoms with Crippen LogP contribution in [-0.4, -0.2) is 33.3 Å². The Labute approximate surface area is 144 Å². The minimum Gasteiger partial charge on any atom is -0.361 e. The van der Waals surface area contributed by atoms with Gasteiger partial charge in [0.1, 0.15) is 11.6 Å². The normalized spacial score (nSPS) is 18.6. The molecule has 6 nitrogen and oxygen atoms in total. The zero-order chi connectivity index (χ0) is 17.2. The van der Waals surface area contributed by atoms with Gasteiger partial charge in [0.2, 0.25) is 11.7 Å². The molecule has 0 amide bonds. The molecule has 1 saturated heterocycles. The van der Waals surface area contributed by atoms with Gasteiger partial charge in [0.25, 0.3) is 0 Å². The lowest BCUT2D eigenvalue weighted by Crippen LogP contribution is -2.34. The van der Waals surface area contributed by atoms with E-state index >= 15 is 0 Å². The first kappa shape index (κ1) is 16.0. The summed E-state index contributed by atoms with van der Waals surface area (Å²) in [7, 11) is 0. The number of piperidine rings is 1. The van der Waals surface area contributed by atoms with E-state index in [1.165, 1.54) is 12.1 Å². The number of aryl methyl sites for hydroxylation is 1. The summed E-state index contributed by atoms with van der Waals surface area (Å²) in [5.41, 5.74) is 1.56. The second kappa shape index (κ2) is 6.76. The summed E-state index contributed by atoms with van der Waals surface area (Å²) in [4.78, 5) is 6.80. The molecule has 2 aromatic heterocycles. The quantitative estimate of drug-likeness (QED) is 0.722. The second-order valence-corrected chi connectivity index (χ2v) is 6.47. The number of halogens is 1. The minimum absolute atomic E-state index is 0.177. The fourth-order valence-corrected chi connectivity index (χ4v) is 3.27. The Hall–Kier alpha value is -2.54. The van der Waals surface area contributed by atoms with Crippen molar-refractivity contribution in [3.05, 3.63) is 53.5 Å². The van der Waals surface area contributed by atoms with Crippen LogP contribution in [0.1, 0.15) is 36.1 Å². The molecule has 0 spiro atoms. The summed E-state index contributed by atoms with van der Waals surface area (Å²) in [6, 6.07) is 8.18. The van der Waals surface area contributed by atoms with Crippen LogP contribution in [0.15, 0.2) is 39.4 Å². The molecular formula is C18H19FN4O2. The van der Waals surface area contributed by atoms with Crippen molar-refractivity contribution < 1.29 is 13.4 Å². The summed E-state index contributed by atoms with van der Waals surface area (Å²) in [6.45, 7) is 4.48. The first-order valence-corrected chi connectivity index (χ1v) is 8.41. The van der Waals surface area contributed by atoms with Crippen LogP contribution in [0.25, 0.3) is 11.4 Å². The van der Waals surface area contributed by atoms with Crippen molar-refractivity contribution in [2.45, 2.75) is 32.2 Å². The number of likely N-dealkylation sites (tertiary alicyclic amines) is 1. The van der Waals surface area contributed by atoms with E-state index in [0.29, 0.717) is 17.3 Å². The van der Waals surface area contributed by atoms with Crippen LogP contribution in [-0.2, 0) is 6.54 Å². The van der Waals surface area contributed by atoms with Crippen LogP contribution in [0, 0.1) is 12.7 Å². The summed E-state index contributed by atoms with van der Waals surface area (Å²) in [5.74, 6) is 1.73. The van der Waals surface area contributed by atoms with E-state index in [1.54, 1.807) is 12.1 Å². The monoisotopic (exact) mass is 342 g/mol. The van der Waals surface area contributed by atoms with Crippen LogP contribution < -0.4 is 0 Å². The molecule has 0 N–H and O–H groups in total. The number of rotatable bonds is 4. The topological polar surface area (TPSA) is 68.2 Å². The van der Waals surface area contributed by atoms with Gasteiger partial charge in [-0.25, -0.2) is 4.39 Å². The highest BCUT2D eigenvalue weighted by Gasteiger charge is 2.26. The SMILES string of the molecule is Cc1cc(CN2CCCC(c3nc(-c4cccc(F)c4)no3)C2)no1. The molecule has 4 rings (SSSR count). The molecule has 0 radical (unpaired) electrons. The van der Waals surface area contributed by atoms with E-state index in [0.717, 1.165) is 43.9 Å². The van der Waals surface area contributed by atoms with Gasteiger partial charge in [0, 0.05) is 24.7 Å². The van der Waals surface area contributed by atoms with Gasteiger partial charge in [-0.2, -0.15) is 4.98 Å². The fourth-order valence-electron chi connectivity index (χ4n) is 3.27. The van der Waals surface area contributed by atoms with Crippen molar-refractivity contribution in [1.29, 1.82) is 0 Å². The molecular weight excluding hydrogens is 323 g/mol. The second-order valence-electron chi connectivity index (χ2n) is 6.47. The Bertz CT molecular complexity index is 860. The molecule has 1 aliphatic heterocycles. The number of aromatic nitrogens is 3. The van der Waals surface area contributed by atoms with Crippen LogP contribution in [0.4, 0.5) is 4.39 Å². The molecule has 0 bridgehead atoms. The van der Waals surface area contributed by atoms with E-state index in [1.807, 2.05) is 13.0 Å². The smallest absolute Gasteiger partial charge is 0.231 e. The van der Waals surface area contributed by atoms with Crippen molar-refractivity contribution in [3.8, 4) is 11.4 Å². The zero-order valence-electron chi connectivity index (χ0n) is 14.0.